The smallest absolute Gasteiger partial charge is 0.243 e. The summed E-state index contributed by atoms with van der Waals surface area (Å²) < 4.78 is 32.9. The summed E-state index contributed by atoms with van der Waals surface area (Å²) in [5.41, 5.74) is 3.47. The molecule has 1 atom stereocenters. The summed E-state index contributed by atoms with van der Waals surface area (Å²) in [4.78, 5) is 19.0. The van der Waals surface area contributed by atoms with Crippen molar-refractivity contribution in [1.29, 1.82) is 0 Å². The fraction of sp³-hybridized carbons (Fsp3) is 0.375. The normalized spacial score (nSPS) is 19.7. The molecule has 2 aromatic carbocycles. The number of hydrogen-bond donors (Lipinski definition) is 1. The van der Waals surface area contributed by atoms with E-state index in [9.17, 15) is 13.2 Å². The van der Waals surface area contributed by atoms with Crippen LogP contribution < -0.4 is 4.74 Å². The molecule has 1 amide bonds. The summed E-state index contributed by atoms with van der Waals surface area (Å²) in [6.07, 6.45) is 2.18. The summed E-state index contributed by atoms with van der Waals surface area (Å²) >= 11 is 0. The molecule has 32 heavy (non-hydrogen) atoms. The first kappa shape index (κ1) is 21.0. The molecule has 2 aliphatic heterocycles. The molecular weight excluding hydrogens is 426 g/mol. The molecule has 1 fully saturated rings. The van der Waals surface area contributed by atoms with Crippen molar-refractivity contribution >= 4 is 26.8 Å². The Hall–Kier alpha value is -2.84. The largest absolute Gasteiger partial charge is 0.497 e. The SMILES string of the molecule is COc1ccc(S(=O)(=O)N2CCCC(C(=O)N3CCc4[nH]c5ccccc5c4C3)C2)cc1. The van der Waals surface area contributed by atoms with Gasteiger partial charge >= 0.3 is 0 Å². The molecular formula is C24H27N3O4S. The van der Waals surface area contributed by atoms with Gasteiger partial charge in [0.15, 0.2) is 0 Å². The van der Waals surface area contributed by atoms with Gasteiger partial charge in [0, 0.05) is 54.8 Å². The van der Waals surface area contributed by atoms with Gasteiger partial charge in [-0.1, -0.05) is 18.2 Å². The Kier molecular flexibility index (Phi) is 5.43. The van der Waals surface area contributed by atoms with Crippen molar-refractivity contribution in [2.24, 2.45) is 5.92 Å². The first-order valence-electron chi connectivity index (χ1n) is 11.0. The second-order valence-electron chi connectivity index (χ2n) is 8.52. The molecule has 5 rings (SSSR count). The fourth-order valence-electron chi connectivity index (χ4n) is 4.87. The summed E-state index contributed by atoms with van der Waals surface area (Å²) in [6.45, 7) is 1.88. The highest BCUT2D eigenvalue weighted by Gasteiger charge is 2.36. The fourth-order valence-corrected chi connectivity index (χ4v) is 6.40. The number of H-pyrrole nitrogens is 1. The lowest BCUT2D eigenvalue weighted by Gasteiger charge is -2.35. The van der Waals surface area contributed by atoms with E-state index in [1.807, 2.05) is 17.0 Å². The molecule has 1 saturated heterocycles. The van der Waals surface area contributed by atoms with Crippen LogP contribution in [-0.2, 0) is 27.8 Å². The molecule has 3 aromatic rings. The maximum atomic E-state index is 13.4. The number of rotatable bonds is 4. The number of hydrogen-bond acceptors (Lipinski definition) is 4. The number of nitrogens with one attached hydrogen (secondary N) is 1. The lowest BCUT2D eigenvalue weighted by molar-refractivity contribution is -0.137. The van der Waals surface area contributed by atoms with Gasteiger partial charge in [0.05, 0.1) is 17.9 Å². The van der Waals surface area contributed by atoms with Crippen LogP contribution in [0, 0.1) is 5.92 Å². The molecule has 1 N–H and O–H groups in total. The second-order valence-corrected chi connectivity index (χ2v) is 10.5. The monoisotopic (exact) mass is 453 g/mol. The highest BCUT2D eigenvalue weighted by atomic mass is 32.2. The molecule has 168 valence electrons. The summed E-state index contributed by atoms with van der Waals surface area (Å²) in [6, 6.07) is 14.6. The first-order chi connectivity index (χ1) is 15.5. The van der Waals surface area contributed by atoms with Gasteiger partial charge in [0.25, 0.3) is 0 Å². The summed E-state index contributed by atoms with van der Waals surface area (Å²) in [7, 11) is -2.10. The van der Waals surface area contributed by atoms with Crippen molar-refractivity contribution in [2.45, 2.75) is 30.7 Å². The minimum atomic E-state index is -3.65. The van der Waals surface area contributed by atoms with Crippen molar-refractivity contribution in [1.82, 2.24) is 14.2 Å². The van der Waals surface area contributed by atoms with E-state index in [-0.39, 0.29) is 23.3 Å². The van der Waals surface area contributed by atoms with E-state index in [4.69, 9.17) is 4.74 Å². The maximum Gasteiger partial charge on any atom is 0.243 e. The number of carbonyl (C=O) groups is 1. The number of benzene rings is 2. The number of nitrogens with zero attached hydrogens (tertiary/aromatic N) is 2. The van der Waals surface area contributed by atoms with E-state index in [2.05, 4.69) is 17.1 Å². The van der Waals surface area contributed by atoms with Crippen molar-refractivity contribution in [3.05, 3.63) is 59.8 Å². The minimum Gasteiger partial charge on any atom is -0.497 e. The Labute approximate surface area is 188 Å². The highest BCUT2D eigenvalue weighted by Crippen LogP contribution is 2.30. The number of para-hydroxylation sites is 1. The zero-order valence-electron chi connectivity index (χ0n) is 18.1. The van der Waals surface area contributed by atoms with Crippen LogP contribution in [0.3, 0.4) is 0 Å². The molecule has 0 bridgehead atoms. The quantitative estimate of drug-likeness (QED) is 0.658. The molecule has 0 aliphatic carbocycles. The third kappa shape index (κ3) is 3.67. The Morgan fingerprint density at radius 1 is 1.09 bits per heavy atom. The van der Waals surface area contributed by atoms with Gasteiger partial charge in [-0.2, -0.15) is 4.31 Å². The van der Waals surface area contributed by atoms with E-state index in [0.29, 0.717) is 38.2 Å². The van der Waals surface area contributed by atoms with Crippen molar-refractivity contribution in [2.75, 3.05) is 26.7 Å². The Morgan fingerprint density at radius 3 is 2.66 bits per heavy atom. The molecule has 3 heterocycles. The number of methoxy groups -OCH3 is 1. The Balaban J connectivity index is 1.32. The van der Waals surface area contributed by atoms with Crippen LogP contribution in [0.2, 0.25) is 0 Å². The number of aromatic nitrogens is 1. The maximum absolute atomic E-state index is 13.4. The standard InChI is InChI=1S/C24H27N3O4S/c1-31-18-8-10-19(11-9-18)32(29,30)27-13-4-5-17(15-27)24(28)26-14-12-23-21(16-26)20-6-2-3-7-22(20)25-23/h2-3,6-11,17,25H,4-5,12-16H2,1H3. The number of amides is 1. The van der Waals surface area contributed by atoms with Gasteiger partial charge in [-0.15, -0.1) is 0 Å². The molecule has 1 aromatic heterocycles. The van der Waals surface area contributed by atoms with Crippen LogP contribution in [0.1, 0.15) is 24.1 Å². The topological polar surface area (TPSA) is 82.7 Å². The van der Waals surface area contributed by atoms with E-state index < -0.39 is 10.0 Å². The van der Waals surface area contributed by atoms with Gasteiger partial charge in [-0.3, -0.25) is 4.79 Å². The zero-order valence-corrected chi connectivity index (χ0v) is 18.9. The molecule has 0 radical (unpaired) electrons. The first-order valence-corrected chi connectivity index (χ1v) is 12.4. The molecule has 0 saturated carbocycles. The van der Waals surface area contributed by atoms with Gasteiger partial charge in [0.2, 0.25) is 15.9 Å². The zero-order chi connectivity index (χ0) is 22.3. The summed E-state index contributed by atoms with van der Waals surface area (Å²) in [5, 5.41) is 1.16. The number of aromatic amines is 1. The van der Waals surface area contributed by atoms with Crippen LogP contribution in [0.5, 0.6) is 5.75 Å². The number of piperidine rings is 1. The minimum absolute atomic E-state index is 0.0514. The van der Waals surface area contributed by atoms with Crippen molar-refractivity contribution in [3.8, 4) is 5.75 Å². The average Bonchev–Trinajstić information content (AvgIpc) is 3.21. The molecule has 2 aliphatic rings. The van der Waals surface area contributed by atoms with Crippen LogP contribution in [0.15, 0.2) is 53.4 Å². The Bertz CT molecular complexity index is 1250. The van der Waals surface area contributed by atoms with Crippen LogP contribution in [-0.4, -0.2) is 55.3 Å². The van der Waals surface area contributed by atoms with E-state index in [1.54, 1.807) is 31.4 Å². The van der Waals surface area contributed by atoms with E-state index >= 15 is 0 Å². The molecule has 0 spiro atoms. The second kappa shape index (κ2) is 8.26. The van der Waals surface area contributed by atoms with Gasteiger partial charge < -0.3 is 14.6 Å². The number of carbonyl (C=O) groups excluding carboxylic acids is 1. The summed E-state index contributed by atoms with van der Waals surface area (Å²) in [5.74, 6) is 0.344. The third-order valence-electron chi connectivity index (χ3n) is 6.62. The predicted molar refractivity (Wildman–Crippen MR) is 122 cm³/mol. The lowest BCUT2D eigenvalue weighted by atomic mass is 9.96. The number of ether oxygens (including phenoxy) is 1. The Morgan fingerprint density at radius 2 is 1.88 bits per heavy atom. The van der Waals surface area contributed by atoms with Gasteiger partial charge in [-0.05, 0) is 43.2 Å². The van der Waals surface area contributed by atoms with Gasteiger partial charge in [-0.25, -0.2) is 8.42 Å². The predicted octanol–water partition coefficient (Wildman–Crippen LogP) is 3.16. The average molecular weight is 454 g/mol. The van der Waals surface area contributed by atoms with Crippen LogP contribution in [0.25, 0.3) is 10.9 Å². The van der Waals surface area contributed by atoms with E-state index in [1.165, 1.54) is 15.6 Å². The van der Waals surface area contributed by atoms with Crippen LogP contribution >= 0.6 is 0 Å². The number of fused-ring (bicyclic) bond motifs is 3. The molecule has 7 nitrogen and oxygen atoms in total. The highest BCUT2D eigenvalue weighted by molar-refractivity contribution is 7.89. The van der Waals surface area contributed by atoms with Gasteiger partial charge in [0.1, 0.15) is 5.75 Å². The van der Waals surface area contributed by atoms with Crippen LogP contribution in [0.4, 0.5) is 0 Å². The number of sulfonamides is 1. The molecule has 8 heteroatoms. The molecule has 1 unspecified atom stereocenters. The van der Waals surface area contributed by atoms with Crippen molar-refractivity contribution < 1.29 is 17.9 Å². The van der Waals surface area contributed by atoms with Crippen molar-refractivity contribution in [3.63, 3.8) is 0 Å². The third-order valence-corrected chi connectivity index (χ3v) is 8.50. The lowest BCUT2D eigenvalue weighted by Crippen LogP contribution is -2.47. The van der Waals surface area contributed by atoms with E-state index in [0.717, 1.165) is 17.3 Å².